The van der Waals surface area contributed by atoms with Crippen LogP contribution in [0.3, 0.4) is 0 Å². The molecule has 3 rings (SSSR count). The third kappa shape index (κ3) is 5.20. The summed E-state index contributed by atoms with van der Waals surface area (Å²) < 4.78 is 6.98. The molecule has 1 aliphatic rings. The van der Waals surface area contributed by atoms with Crippen LogP contribution >= 0.6 is 31.9 Å². The van der Waals surface area contributed by atoms with Crippen LogP contribution in [0.25, 0.3) is 6.08 Å². The number of hydrogen-bond donors (Lipinski definition) is 1. The highest BCUT2D eigenvalue weighted by Gasteiger charge is 2.37. The van der Waals surface area contributed by atoms with Crippen LogP contribution in [0.5, 0.6) is 0 Å². The Morgan fingerprint density at radius 1 is 1.14 bits per heavy atom. The van der Waals surface area contributed by atoms with Crippen molar-refractivity contribution in [2.24, 2.45) is 11.0 Å². The number of hydrogen-bond acceptors (Lipinski definition) is 4. The fraction of sp³-hybridized carbons (Fsp3) is 0.190. The van der Waals surface area contributed by atoms with Gasteiger partial charge in [-0.15, -0.1) is 0 Å². The first kappa shape index (κ1) is 21.4. The quantitative estimate of drug-likeness (QED) is 0.534. The number of rotatable bonds is 7. The summed E-state index contributed by atoms with van der Waals surface area (Å²) in [6, 6.07) is 14.5. The van der Waals surface area contributed by atoms with Gasteiger partial charge < -0.3 is 9.84 Å². The van der Waals surface area contributed by atoms with Crippen molar-refractivity contribution in [3.8, 4) is 0 Å². The number of ether oxygens (including phenoxy) is 1. The van der Waals surface area contributed by atoms with Crippen molar-refractivity contribution in [3.63, 3.8) is 0 Å². The standard InChI is InChI=1S/C21H18Br2N2O4/c1-29-12-19-18(20(26)25(24-19)17-8-6-16(23)7-9-17)11-14(21(27)28)10-13-2-4-15(22)5-3-13/h2-10,18H,11-12H2,1H3,(H,27,28). The molecule has 0 spiro atoms. The average Bonchev–Trinajstić information content (AvgIpc) is 2.99. The molecule has 2 aromatic carbocycles. The lowest BCUT2D eigenvalue weighted by atomic mass is 9.93. The number of halogens is 2. The van der Waals surface area contributed by atoms with Crippen LogP contribution in [0.15, 0.2) is 68.2 Å². The first-order chi connectivity index (χ1) is 13.9. The molecule has 1 heterocycles. The van der Waals surface area contributed by atoms with E-state index >= 15 is 0 Å². The Hall–Kier alpha value is -2.29. The first-order valence-electron chi connectivity index (χ1n) is 8.74. The van der Waals surface area contributed by atoms with Crippen molar-refractivity contribution in [2.45, 2.75) is 6.42 Å². The third-order valence-corrected chi connectivity index (χ3v) is 5.47. The van der Waals surface area contributed by atoms with E-state index in [4.69, 9.17) is 4.74 Å². The van der Waals surface area contributed by atoms with Crippen LogP contribution in [0.4, 0.5) is 5.69 Å². The summed E-state index contributed by atoms with van der Waals surface area (Å²) in [6.07, 6.45) is 1.61. The summed E-state index contributed by atoms with van der Waals surface area (Å²) in [5, 5.41) is 15.4. The lowest BCUT2D eigenvalue weighted by molar-refractivity contribution is -0.132. The number of carboxylic acids is 1. The molecular formula is C21H18Br2N2O4. The predicted octanol–water partition coefficient (Wildman–Crippen LogP) is 4.74. The van der Waals surface area contributed by atoms with Crippen molar-refractivity contribution in [1.29, 1.82) is 0 Å². The van der Waals surface area contributed by atoms with Gasteiger partial charge in [-0.25, -0.2) is 9.80 Å². The SMILES string of the molecule is COCC1=NN(c2ccc(Br)cc2)C(=O)C1CC(=Cc1ccc(Br)cc1)C(=O)O. The molecule has 1 N–H and O–H groups in total. The highest BCUT2D eigenvalue weighted by Crippen LogP contribution is 2.29. The highest BCUT2D eigenvalue weighted by molar-refractivity contribution is 9.10. The second-order valence-electron chi connectivity index (χ2n) is 6.43. The normalized spacial score (nSPS) is 16.9. The number of anilines is 1. The van der Waals surface area contributed by atoms with Gasteiger partial charge in [0.05, 0.1) is 23.9 Å². The zero-order valence-electron chi connectivity index (χ0n) is 15.5. The summed E-state index contributed by atoms with van der Waals surface area (Å²) >= 11 is 6.73. The molecule has 0 radical (unpaired) electrons. The Balaban J connectivity index is 1.89. The minimum Gasteiger partial charge on any atom is -0.478 e. The average molecular weight is 522 g/mol. The fourth-order valence-electron chi connectivity index (χ4n) is 2.98. The van der Waals surface area contributed by atoms with Gasteiger partial charge in [0.15, 0.2) is 0 Å². The van der Waals surface area contributed by atoms with Gasteiger partial charge in [-0.2, -0.15) is 5.10 Å². The van der Waals surface area contributed by atoms with E-state index < -0.39 is 11.9 Å². The van der Waals surface area contributed by atoms with E-state index in [1.807, 2.05) is 36.4 Å². The lowest BCUT2D eigenvalue weighted by Gasteiger charge is -2.15. The van der Waals surface area contributed by atoms with E-state index in [-0.39, 0.29) is 24.5 Å². The zero-order chi connectivity index (χ0) is 21.0. The van der Waals surface area contributed by atoms with Crippen LogP contribution < -0.4 is 5.01 Å². The van der Waals surface area contributed by atoms with Crippen LogP contribution in [-0.4, -0.2) is 36.4 Å². The number of benzene rings is 2. The predicted molar refractivity (Wildman–Crippen MR) is 119 cm³/mol. The summed E-state index contributed by atoms with van der Waals surface area (Å²) in [5.74, 6) is -2.04. The smallest absolute Gasteiger partial charge is 0.331 e. The third-order valence-electron chi connectivity index (χ3n) is 4.41. The Labute approximate surface area is 185 Å². The number of carbonyl (C=O) groups is 2. The Kier molecular flexibility index (Phi) is 7.00. The van der Waals surface area contributed by atoms with Gasteiger partial charge in [0.25, 0.3) is 5.91 Å². The Morgan fingerprint density at radius 3 is 2.28 bits per heavy atom. The second-order valence-corrected chi connectivity index (χ2v) is 8.27. The van der Waals surface area contributed by atoms with Crippen molar-refractivity contribution in [2.75, 3.05) is 18.7 Å². The van der Waals surface area contributed by atoms with Crippen LogP contribution in [0.2, 0.25) is 0 Å². The molecule has 0 saturated carbocycles. The molecule has 8 heteroatoms. The minimum atomic E-state index is -1.07. The van der Waals surface area contributed by atoms with Gasteiger partial charge >= 0.3 is 5.97 Å². The number of carboxylic acid groups (broad SMARTS) is 1. The first-order valence-corrected chi connectivity index (χ1v) is 10.3. The summed E-state index contributed by atoms with van der Waals surface area (Å²) in [4.78, 5) is 24.9. The van der Waals surface area contributed by atoms with E-state index in [2.05, 4.69) is 37.0 Å². The van der Waals surface area contributed by atoms with Crippen LogP contribution in [0.1, 0.15) is 12.0 Å². The van der Waals surface area contributed by atoms with Gasteiger partial charge in [0.2, 0.25) is 0 Å². The van der Waals surface area contributed by atoms with E-state index in [9.17, 15) is 14.7 Å². The van der Waals surface area contributed by atoms with E-state index in [1.54, 1.807) is 18.2 Å². The largest absolute Gasteiger partial charge is 0.478 e. The van der Waals surface area contributed by atoms with Crippen molar-refractivity contribution in [3.05, 3.63) is 68.6 Å². The molecule has 1 atom stereocenters. The van der Waals surface area contributed by atoms with Gasteiger partial charge in [-0.05, 0) is 54.5 Å². The van der Waals surface area contributed by atoms with Gasteiger partial charge in [-0.1, -0.05) is 44.0 Å². The van der Waals surface area contributed by atoms with Gasteiger partial charge in [0, 0.05) is 21.6 Å². The van der Waals surface area contributed by atoms with Crippen LogP contribution in [-0.2, 0) is 14.3 Å². The number of nitrogens with zero attached hydrogens (tertiary/aromatic N) is 2. The number of methoxy groups -OCH3 is 1. The zero-order valence-corrected chi connectivity index (χ0v) is 18.7. The number of carbonyl (C=O) groups excluding carboxylic acids is 1. The Bertz CT molecular complexity index is 969. The molecule has 0 bridgehead atoms. The van der Waals surface area contributed by atoms with Gasteiger partial charge in [0.1, 0.15) is 0 Å². The molecule has 1 aliphatic heterocycles. The molecule has 0 aromatic heterocycles. The topological polar surface area (TPSA) is 79.2 Å². The van der Waals surface area contributed by atoms with E-state index in [1.165, 1.54) is 12.1 Å². The molecule has 1 amide bonds. The molecule has 2 aromatic rings. The maximum absolute atomic E-state index is 13.0. The number of amides is 1. The molecule has 0 aliphatic carbocycles. The summed E-state index contributed by atoms with van der Waals surface area (Å²) in [6.45, 7) is 0.147. The second kappa shape index (κ2) is 9.47. The summed E-state index contributed by atoms with van der Waals surface area (Å²) in [7, 11) is 1.52. The van der Waals surface area contributed by atoms with E-state index in [0.29, 0.717) is 11.4 Å². The van der Waals surface area contributed by atoms with Crippen LogP contribution in [0, 0.1) is 5.92 Å². The fourth-order valence-corrected chi connectivity index (χ4v) is 3.50. The monoisotopic (exact) mass is 520 g/mol. The molecule has 6 nitrogen and oxygen atoms in total. The maximum atomic E-state index is 13.0. The maximum Gasteiger partial charge on any atom is 0.331 e. The highest BCUT2D eigenvalue weighted by atomic mass is 79.9. The van der Waals surface area contributed by atoms with Crippen molar-refractivity contribution in [1.82, 2.24) is 0 Å². The van der Waals surface area contributed by atoms with Gasteiger partial charge in [-0.3, -0.25) is 4.79 Å². The number of hydrazone groups is 1. The Morgan fingerprint density at radius 2 is 1.72 bits per heavy atom. The minimum absolute atomic E-state index is 0.0272. The molecule has 29 heavy (non-hydrogen) atoms. The van der Waals surface area contributed by atoms with E-state index in [0.717, 1.165) is 14.5 Å². The summed E-state index contributed by atoms with van der Waals surface area (Å²) in [5.41, 5.74) is 1.99. The van der Waals surface area contributed by atoms with Crippen molar-refractivity contribution < 1.29 is 19.4 Å². The molecule has 1 unspecified atom stereocenters. The number of aliphatic carboxylic acids is 1. The molecule has 150 valence electrons. The molecule has 0 fully saturated rings. The van der Waals surface area contributed by atoms with Crippen molar-refractivity contribution >= 4 is 61.2 Å². The lowest BCUT2D eigenvalue weighted by Crippen LogP contribution is -2.29. The molecular weight excluding hydrogens is 504 g/mol. The molecule has 0 saturated heterocycles.